The van der Waals surface area contributed by atoms with Gasteiger partial charge in [-0.1, -0.05) is 12.8 Å². The lowest BCUT2D eigenvalue weighted by molar-refractivity contribution is -0.163. The Kier molecular flexibility index (Phi) is 8.64. The predicted molar refractivity (Wildman–Crippen MR) is 93.2 cm³/mol. The summed E-state index contributed by atoms with van der Waals surface area (Å²) in [4.78, 5) is 29.3. The van der Waals surface area contributed by atoms with Gasteiger partial charge >= 0.3 is 11.9 Å². The molecule has 7 heteroatoms. The summed E-state index contributed by atoms with van der Waals surface area (Å²) in [6.07, 6.45) is 3.32. The van der Waals surface area contributed by atoms with Crippen molar-refractivity contribution in [1.29, 1.82) is 0 Å². The highest BCUT2D eigenvalue weighted by atomic mass is 16.6. The van der Waals surface area contributed by atoms with Crippen LogP contribution < -0.4 is 0 Å². The molecule has 0 aromatic heterocycles. The average molecular weight is 356 g/mol. The predicted octanol–water partition coefficient (Wildman–Crippen LogP) is 0.773. The molecule has 2 fully saturated rings. The summed E-state index contributed by atoms with van der Waals surface area (Å²) in [5.41, 5.74) is 0. The van der Waals surface area contributed by atoms with Gasteiger partial charge in [0.15, 0.2) is 0 Å². The minimum atomic E-state index is -0.373. The highest BCUT2D eigenvalue weighted by Crippen LogP contribution is 2.32. The number of likely N-dealkylation sites (N-methyl/N-ethyl adjacent to an activating group) is 1. The topological polar surface area (TPSA) is 68.3 Å². The van der Waals surface area contributed by atoms with Crippen LogP contribution in [0.25, 0.3) is 0 Å². The number of hydrogen-bond acceptors (Lipinski definition) is 7. The van der Waals surface area contributed by atoms with Crippen molar-refractivity contribution in [2.75, 3.05) is 66.7 Å². The minimum absolute atomic E-state index is 0.233. The molecule has 0 amide bonds. The number of ether oxygens (including phenoxy) is 3. The molecule has 1 saturated heterocycles. The highest BCUT2D eigenvalue weighted by Gasteiger charge is 2.37. The van der Waals surface area contributed by atoms with E-state index in [2.05, 4.69) is 16.8 Å². The van der Waals surface area contributed by atoms with E-state index in [9.17, 15) is 9.59 Å². The third kappa shape index (κ3) is 6.56. The molecular weight excluding hydrogens is 324 g/mol. The molecule has 2 rings (SSSR count). The van der Waals surface area contributed by atoms with Gasteiger partial charge in [0.2, 0.25) is 0 Å². The van der Waals surface area contributed by atoms with Crippen LogP contribution in [0.3, 0.4) is 0 Å². The molecule has 1 aliphatic carbocycles. The van der Waals surface area contributed by atoms with E-state index in [1.807, 2.05) is 0 Å². The van der Waals surface area contributed by atoms with E-state index >= 15 is 0 Å². The third-order valence-electron chi connectivity index (χ3n) is 5.15. The maximum atomic E-state index is 12.5. The Balaban J connectivity index is 1.74. The standard InChI is InChI=1S/C18H32N2O5/c1-19-7-9-20(10-8-19)11-12-24-17(21)15-5-3-4-6-16(15)18(22)25-14-13-23-2/h15-16H,3-14H2,1-2H3. The zero-order valence-electron chi connectivity index (χ0n) is 15.6. The fourth-order valence-corrected chi connectivity index (χ4v) is 3.48. The Bertz CT molecular complexity index is 424. The lowest BCUT2D eigenvalue weighted by Gasteiger charge is -2.32. The Labute approximate surface area is 150 Å². The summed E-state index contributed by atoms with van der Waals surface area (Å²) in [5, 5.41) is 0. The quantitative estimate of drug-likeness (QED) is 0.470. The molecule has 2 atom stereocenters. The number of esters is 2. The molecule has 2 unspecified atom stereocenters. The summed E-state index contributed by atoms with van der Waals surface area (Å²) < 4.78 is 15.6. The molecule has 25 heavy (non-hydrogen) atoms. The molecule has 0 aromatic carbocycles. The number of nitrogens with zero attached hydrogens (tertiary/aromatic N) is 2. The van der Waals surface area contributed by atoms with Gasteiger partial charge in [-0.25, -0.2) is 0 Å². The zero-order chi connectivity index (χ0) is 18.1. The molecular formula is C18H32N2O5. The molecule has 1 aliphatic heterocycles. The monoisotopic (exact) mass is 356 g/mol. The molecule has 0 bridgehead atoms. The Morgan fingerprint density at radius 1 is 0.880 bits per heavy atom. The van der Waals surface area contributed by atoms with Gasteiger partial charge < -0.3 is 19.1 Å². The van der Waals surface area contributed by atoms with Crippen LogP contribution in [0.5, 0.6) is 0 Å². The van der Waals surface area contributed by atoms with Gasteiger partial charge in [-0.15, -0.1) is 0 Å². The van der Waals surface area contributed by atoms with Crippen molar-refractivity contribution in [2.45, 2.75) is 25.7 Å². The number of carbonyl (C=O) groups is 2. The number of carbonyl (C=O) groups excluding carboxylic acids is 2. The van der Waals surface area contributed by atoms with Crippen molar-refractivity contribution in [3.8, 4) is 0 Å². The smallest absolute Gasteiger partial charge is 0.309 e. The first-order valence-corrected chi connectivity index (χ1v) is 9.35. The lowest BCUT2D eigenvalue weighted by atomic mass is 9.79. The van der Waals surface area contributed by atoms with E-state index in [1.165, 1.54) is 0 Å². The van der Waals surface area contributed by atoms with E-state index < -0.39 is 0 Å². The maximum absolute atomic E-state index is 12.5. The maximum Gasteiger partial charge on any atom is 0.309 e. The molecule has 0 N–H and O–H groups in total. The van der Waals surface area contributed by atoms with E-state index in [0.29, 0.717) is 26.1 Å². The lowest BCUT2D eigenvalue weighted by Crippen LogP contribution is -2.45. The van der Waals surface area contributed by atoms with Crippen LogP contribution in [0, 0.1) is 11.8 Å². The van der Waals surface area contributed by atoms with Crippen LogP contribution in [-0.2, 0) is 23.8 Å². The molecule has 0 spiro atoms. The van der Waals surface area contributed by atoms with Crippen molar-refractivity contribution in [3.63, 3.8) is 0 Å². The molecule has 0 aromatic rings. The van der Waals surface area contributed by atoms with E-state index in [4.69, 9.17) is 14.2 Å². The fourth-order valence-electron chi connectivity index (χ4n) is 3.48. The second kappa shape index (κ2) is 10.7. The van der Waals surface area contributed by atoms with Gasteiger partial charge in [-0.2, -0.15) is 0 Å². The molecule has 0 radical (unpaired) electrons. The summed E-state index contributed by atoms with van der Waals surface area (Å²) in [6, 6.07) is 0. The number of hydrogen-bond donors (Lipinski definition) is 0. The van der Waals surface area contributed by atoms with Gasteiger partial charge in [0.1, 0.15) is 13.2 Å². The fraction of sp³-hybridized carbons (Fsp3) is 0.889. The Hall–Kier alpha value is -1.18. The first-order valence-electron chi connectivity index (χ1n) is 9.35. The van der Waals surface area contributed by atoms with E-state index in [-0.39, 0.29) is 30.4 Å². The molecule has 2 aliphatic rings. The van der Waals surface area contributed by atoms with Gasteiger partial charge in [0.25, 0.3) is 0 Å². The summed E-state index contributed by atoms with van der Waals surface area (Å²) in [6.45, 7) is 5.87. The zero-order valence-corrected chi connectivity index (χ0v) is 15.6. The first kappa shape index (κ1) is 20.1. The van der Waals surface area contributed by atoms with Crippen LogP contribution in [0.15, 0.2) is 0 Å². The number of rotatable bonds is 8. The van der Waals surface area contributed by atoms with Crippen molar-refractivity contribution < 1.29 is 23.8 Å². The second-order valence-electron chi connectivity index (χ2n) is 6.97. The van der Waals surface area contributed by atoms with Gasteiger partial charge in [0.05, 0.1) is 18.4 Å². The van der Waals surface area contributed by atoms with Crippen LogP contribution in [0.1, 0.15) is 25.7 Å². The molecule has 1 saturated carbocycles. The number of methoxy groups -OCH3 is 1. The Morgan fingerprint density at radius 2 is 1.44 bits per heavy atom. The SMILES string of the molecule is COCCOC(=O)C1CCCCC1C(=O)OCCN1CCN(C)CC1. The third-order valence-corrected chi connectivity index (χ3v) is 5.15. The molecule has 7 nitrogen and oxygen atoms in total. The van der Waals surface area contributed by atoms with E-state index in [0.717, 1.165) is 45.6 Å². The van der Waals surface area contributed by atoms with Gasteiger partial charge in [0, 0.05) is 39.8 Å². The van der Waals surface area contributed by atoms with Gasteiger partial charge in [-0.3, -0.25) is 14.5 Å². The molecule has 1 heterocycles. The minimum Gasteiger partial charge on any atom is -0.464 e. The number of piperazine rings is 1. The first-order chi connectivity index (χ1) is 12.1. The van der Waals surface area contributed by atoms with E-state index in [1.54, 1.807) is 7.11 Å². The van der Waals surface area contributed by atoms with Crippen molar-refractivity contribution in [2.24, 2.45) is 11.8 Å². The van der Waals surface area contributed by atoms with Crippen molar-refractivity contribution in [3.05, 3.63) is 0 Å². The van der Waals surface area contributed by atoms with Crippen LogP contribution in [-0.4, -0.2) is 88.4 Å². The molecule has 144 valence electrons. The summed E-state index contributed by atoms with van der Waals surface area (Å²) in [7, 11) is 3.68. The van der Waals surface area contributed by atoms with Crippen LogP contribution in [0.2, 0.25) is 0 Å². The Morgan fingerprint density at radius 3 is 2.00 bits per heavy atom. The van der Waals surface area contributed by atoms with Gasteiger partial charge in [-0.05, 0) is 19.9 Å². The summed E-state index contributed by atoms with van der Waals surface area (Å²) >= 11 is 0. The highest BCUT2D eigenvalue weighted by molar-refractivity contribution is 5.82. The largest absolute Gasteiger partial charge is 0.464 e. The van der Waals surface area contributed by atoms with Crippen molar-refractivity contribution >= 4 is 11.9 Å². The van der Waals surface area contributed by atoms with Crippen LogP contribution in [0.4, 0.5) is 0 Å². The average Bonchev–Trinajstić information content (AvgIpc) is 2.63. The van der Waals surface area contributed by atoms with Crippen molar-refractivity contribution in [1.82, 2.24) is 9.80 Å². The second-order valence-corrected chi connectivity index (χ2v) is 6.97. The van der Waals surface area contributed by atoms with Crippen LogP contribution >= 0.6 is 0 Å². The normalized spacial score (nSPS) is 25.5. The summed E-state index contributed by atoms with van der Waals surface area (Å²) in [5.74, 6) is -1.28.